The van der Waals surface area contributed by atoms with Crippen molar-refractivity contribution >= 4 is 11.6 Å². The minimum absolute atomic E-state index is 0.0967. The van der Waals surface area contributed by atoms with Gasteiger partial charge in [-0.05, 0) is 6.42 Å². The zero-order chi connectivity index (χ0) is 12.6. The molecule has 6 nitrogen and oxygen atoms in total. The molecule has 0 unspecified atom stereocenters. The summed E-state index contributed by atoms with van der Waals surface area (Å²) in [5.41, 5.74) is -1.73. The van der Waals surface area contributed by atoms with Crippen LogP contribution in [0.15, 0.2) is 15.8 Å². The number of aromatic amines is 1. The van der Waals surface area contributed by atoms with E-state index in [2.05, 4.69) is 0 Å². The van der Waals surface area contributed by atoms with E-state index in [1.807, 2.05) is 4.98 Å². The third-order valence-electron chi connectivity index (χ3n) is 2.58. The van der Waals surface area contributed by atoms with Crippen molar-refractivity contribution in [1.82, 2.24) is 9.55 Å². The van der Waals surface area contributed by atoms with Gasteiger partial charge in [0.25, 0.3) is 11.5 Å². The number of aliphatic hydroxyl groups excluding tert-OH is 1. The third-order valence-corrected chi connectivity index (χ3v) is 2.85. The van der Waals surface area contributed by atoms with Gasteiger partial charge < -0.3 is 9.84 Å². The number of rotatable bonds is 2. The molecular formula is C9H10ClFN2O4. The van der Waals surface area contributed by atoms with E-state index in [1.165, 1.54) is 0 Å². The van der Waals surface area contributed by atoms with Crippen LogP contribution in [0.4, 0.5) is 4.39 Å². The number of nitrogens with one attached hydrogen (secondary N) is 1. The lowest BCUT2D eigenvalue weighted by Crippen LogP contribution is -2.41. The number of H-pyrrole nitrogens is 1. The SMILES string of the molecule is O=c1[nH]c(=O)n([C@@]2(F)CC[C@@H](CO)O2)cc1Cl. The lowest BCUT2D eigenvalue weighted by molar-refractivity contribution is -0.204. The number of halogens is 2. The summed E-state index contributed by atoms with van der Waals surface area (Å²) in [6.07, 6.45) is 0.400. The van der Waals surface area contributed by atoms with Crippen LogP contribution in [0.3, 0.4) is 0 Å². The molecule has 94 valence electrons. The summed E-state index contributed by atoms with van der Waals surface area (Å²) >= 11 is 5.52. The molecule has 2 N–H and O–H groups in total. The molecule has 0 amide bonds. The van der Waals surface area contributed by atoms with Gasteiger partial charge in [-0.15, -0.1) is 0 Å². The molecule has 0 aliphatic carbocycles. The maximum absolute atomic E-state index is 14.3. The van der Waals surface area contributed by atoms with Crippen molar-refractivity contribution in [3.63, 3.8) is 0 Å². The Labute approximate surface area is 99.6 Å². The van der Waals surface area contributed by atoms with E-state index in [-0.39, 0.29) is 24.5 Å². The van der Waals surface area contributed by atoms with E-state index in [1.54, 1.807) is 0 Å². The summed E-state index contributed by atoms with van der Waals surface area (Å²) in [7, 11) is 0. The van der Waals surface area contributed by atoms with E-state index in [0.717, 1.165) is 6.20 Å². The predicted molar refractivity (Wildman–Crippen MR) is 56.6 cm³/mol. The first-order valence-corrected chi connectivity index (χ1v) is 5.33. The van der Waals surface area contributed by atoms with Crippen molar-refractivity contribution in [1.29, 1.82) is 0 Å². The first-order chi connectivity index (χ1) is 7.96. The Morgan fingerprint density at radius 2 is 2.41 bits per heavy atom. The van der Waals surface area contributed by atoms with Crippen LogP contribution >= 0.6 is 11.6 Å². The normalized spacial score (nSPS) is 28.5. The molecule has 1 fully saturated rings. The molecule has 8 heteroatoms. The molecular weight excluding hydrogens is 255 g/mol. The Morgan fingerprint density at radius 3 is 3.00 bits per heavy atom. The Bertz CT molecular complexity index is 543. The number of hydrogen-bond acceptors (Lipinski definition) is 4. The fourth-order valence-electron chi connectivity index (χ4n) is 1.71. The Morgan fingerprint density at radius 1 is 1.71 bits per heavy atom. The largest absolute Gasteiger partial charge is 0.394 e. The van der Waals surface area contributed by atoms with Crippen molar-refractivity contribution in [2.75, 3.05) is 6.61 Å². The maximum atomic E-state index is 14.3. The summed E-state index contributed by atoms with van der Waals surface area (Å²) in [4.78, 5) is 24.4. The first kappa shape index (κ1) is 12.3. The zero-order valence-electron chi connectivity index (χ0n) is 8.65. The van der Waals surface area contributed by atoms with Gasteiger partial charge in [0, 0.05) is 12.6 Å². The second kappa shape index (κ2) is 4.25. The third kappa shape index (κ3) is 2.13. The second-order valence-electron chi connectivity index (χ2n) is 3.76. The molecule has 17 heavy (non-hydrogen) atoms. The fraction of sp³-hybridized carbons (Fsp3) is 0.556. The van der Waals surface area contributed by atoms with E-state index in [4.69, 9.17) is 21.4 Å². The highest BCUT2D eigenvalue weighted by Crippen LogP contribution is 2.35. The number of hydrogen-bond donors (Lipinski definition) is 2. The van der Waals surface area contributed by atoms with E-state index < -0.39 is 23.3 Å². The van der Waals surface area contributed by atoms with Crippen molar-refractivity contribution in [3.8, 4) is 0 Å². The number of alkyl halides is 1. The van der Waals surface area contributed by atoms with Crippen LogP contribution in [0.5, 0.6) is 0 Å². The quantitative estimate of drug-likeness (QED) is 0.784. The number of aromatic nitrogens is 2. The first-order valence-electron chi connectivity index (χ1n) is 4.96. The Kier molecular flexibility index (Phi) is 3.07. The van der Waals surface area contributed by atoms with E-state index in [0.29, 0.717) is 4.57 Å². The lowest BCUT2D eigenvalue weighted by Gasteiger charge is -2.22. The van der Waals surface area contributed by atoms with Crippen molar-refractivity contribution in [3.05, 3.63) is 32.1 Å². The fourth-order valence-corrected chi connectivity index (χ4v) is 1.86. The monoisotopic (exact) mass is 264 g/mol. The number of nitrogens with zero attached hydrogens (tertiary/aromatic N) is 1. The van der Waals surface area contributed by atoms with Crippen molar-refractivity contribution in [2.24, 2.45) is 0 Å². The van der Waals surface area contributed by atoms with Gasteiger partial charge in [0.1, 0.15) is 5.02 Å². The number of ether oxygens (including phenoxy) is 1. The molecule has 1 aliphatic heterocycles. The van der Waals surface area contributed by atoms with Crippen LogP contribution in [-0.4, -0.2) is 27.4 Å². The summed E-state index contributed by atoms with van der Waals surface area (Å²) in [6, 6.07) is 0. The molecule has 0 saturated carbocycles. The van der Waals surface area contributed by atoms with Crippen LogP contribution < -0.4 is 11.2 Å². The number of aliphatic hydroxyl groups is 1. The van der Waals surface area contributed by atoms with Crippen molar-refractivity contribution < 1.29 is 14.2 Å². The molecule has 0 radical (unpaired) electrons. The molecule has 0 spiro atoms. The molecule has 1 saturated heterocycles. The second-order valence-corrected chi connectivity index (χ2v) is 4.16. The highest BCUT2D eigenvalue weighted by atomic mass is 35.5. The zero-order valence-corrected chi connectivity index (χ0v) is 9.41. The van der Waals surface area contributed by atoms with E-state index in [9.17, 15) is 14.0 Å². The van der Waals surface area contributed by atoms with Gasteiger partial charge in [-0.25, -0.2) is 9.36 Å². The average molecular weight is 265 g/mol. The highest BCUT2D eigenvalue weighted by Gasteiger charge is 2.43. The standard InChI is InChI=1S/C9H10ClFN2O4/c10-6-3-13(8(16)12-7(6)15)9(11)2-1-5(4-14)17-9/h3,5,14H,1-2,4H2,(H,12,15,16)/t5-,9-/m0/s1. The topological polar surface area (TPSA) is 84.3 Å². The minimum Gasteiger partial charge on any atom is -0.394 e. The Hall–Kier alpha value is -1.18. The summed E-state index contributed by atoms with van der Waals surface area (Å²) in [5.74, 6) is -2.38. The van der Waals surface area contributed by atoms with Gasteiger partial charge in [-0.1, -0.05) is 11.6 Å². The van der Waals surface area contributed by atoms with Gasteiger partial charge in [-0.2, -0.15) is 4.39 Å². The molecule has 1 aliphatic rings. The molecule has 1 aromatic heterocycles. The molecule has 2 atom stereocenters. The van der Waals surface area contributed by atoms with Gasteiger partial charge >= 0.3 is 5.69 Å². The average Bonchev–Trinajstić information content (AvgIpc) is 2.66. The van der Waals surface area contributed by atoms with E-state index >= 15 is 0 Å². The lowest BCUT2D eigenvalue weighted by atomic mass is 10.2. The van der Waals surface area contributed by atoms with Crippen LogP contribution in [-0.2, 0) is 10.7 Å². The minimum atomic E-state index is -2.38. The smallest absolute Gasteiger partial charge is 0.332 e. The molecule has 0 aromatic carbocycles. The van der Waals surface area contributed by atoms with Gasteiger partial charge in [0.05, 0.1) is 12.7 Å². The summed E-state index contributed by atoms with van der Waals surface area (Å²) in [6.45, 7) is -0.336. The maximum Gasteiger partial charge on any atom is 0.332 e. The van der Waals surface area contributed by atoms with Crippen LogP contribution in [0.25, 0.3) is 0 Å². The Balaban J connectivity index is 2.44. The molecule has 2 rings (SSSR count). The molecule has 0 bridgehead atoms. The van der Waals surface area contributed by atoms with Gasteiger partial charge in [-0.3, -0.25) is 9.78 Å². The van der Waals surface area contributed by atoms with Crippen LogP contribution in [0.2, 0.25) is 5.02 Å². The van der Waals surface area contributed by atoms with Gasteiger partial charge in [0.2, 0.25) is 0 Å². The van der Waals surface area contributed by atoms with Gasteiger partial charge in [0.15, 0.2) is 0 Å². The summed E-state index contributed by atoms with van der Waals surface area (Å²) in [5, 5.41) is 8.54. The highest BCUT2D eigenvalue weighted by molar-refractivity contribution is 6.30. The predicted octanol–water partition coefficient (Wildman–Crippen LogP) is -0.0589. The van der Waals surface area contributed by atoms with Crippen LogP contribution in [0, 0.1) is 0 Å². The van der Waals surface area contributed by atoms with Crippen molar-refractivity contribution in [2.45, 2.75) is 24.9 Å². The molecule has 1 aromatic rings. The molecule has 2 heterocycles. The summed E-state index contributed by atoms with van der Waals surface area (Å²) < 4.78 is 19.8. The van der Waals surface area contributed by atoms with Crippen LogP contribution in [0.1, 0.15) is 12.8 Å².